The summed E-state index contributed by atoms with van der Waals surface area (Å²) in [4.78, 5) is 28.8. The topological polar surface area (TPSA) is 120 Å². The fourth-order valence-electron chi connectivity index (χ4n) is 3.13. The molecular weight excluding hydrogens is 410 g/mol. The SMILES string of the molecule is COc1ccnc(C(=O)C[C@@H](C)C(=O)O[C@@H](C)[C@@H](c2ccccc2)S(C)(=O)=O)c1O. The van der Waals surface area contributed by atoms with Crippen molar-refractivity contribution in [2.75, 3.05) is 13.4 Å². The lowest BCUT2D eigenvalue weighted by Crippen LogP contribution is -2.30. The van der Waals surface area contributed by atoms with Crippen LogP contribution in [0, 0.1) is 5.92 Å². The Bertz CT molecular complexity index is 1010. The van der Waals surface area contributed by atoms with E-state index in [0.29, 0.717) is 5.56 Å². The van der Waals surface area contributed by atoms with E-state index in [2.05, 4.69) is 4.98 Å². The highest BCUT2D eigenvalue weighted by molar-refractivity contribution is 7.91. The highest BCUT2D eigenvalue weighted by atomic mass is 32.2. The van der Waals surface area contributed by atoms with E-state index in [1.54, 1.807) is 30.3 Å². The highest BCUT2D eigenvalue weighted by Crippen LogP contribution is 2.30. The number of esters is 1. The molecule has 3 atom stereocenters. The number of sulfone groups is 1. The number of pyridine rings is 1. The van der Waals surface area contributed by atoms with Crippen LogP contribution < -0.4 is 4.74 Å². The van der Waals surface area contributed by atoms with Crippen LogP contribution in [0.3, 0.4) is 0 Å². The predicted octanol–water partition coefficient (Wildman–Crippen LogP) is 2.72. The van der Waals surface area contributed by atoms with E-state index in [1.165, 1.54) is 33.2 Å². The lowest BCUT2D eigenvalue weighted by atomic mass is 10.0. The summed E-state index contributed by atoms with van der Waals surface area (Å²) in [6, 6.07) is 9.88. The number of carbonyl (C=O) groups excluding carboxylic acids is 2. The second kappa shape index (κ2) is 9.71. The quantitative estimate of drug-likeness (QED) is 0.472. The first-order valence-electron chi connectivity index (χ1n) is 9.25. The molecule has 0 aliphatic carbocycles. The molecule has 8 nitrogen and oxygen atoms in total. The van der Waals surface area contributed by atoms with Crippen molar-refractivity contribution in [1.82, 2.24) is 4.98 Å². The average molecular weight is 435 g/mol. The highest BCUT2D eigenvalue weighted by Gasteiger charge is 2.33. The maximum absolute atomic E-state index is 12.5. The van der Waals surface area contributed by atoms with Crippen LogP contribution in [0.1, 0.15) is 41.6 Å². The average Bonchev–Trinajstić information content (AvgIpc) is 2.67. The fraction of sp³-hybridized carbons (Fsp3) is 0.381. The van der Waals surface area contributed by atoms with E-state index in [9.17, 15) is 23.1 Å². The maximum Gasteiger partial charge on any atom is 0.309 e. The van der Waals surface area contributed by atoms with Gasteiger partial charge in [-0.3, -0.25) is 9.59 Å². The molecule has 1 aromatic heterocycles. The van der Waals surface area contributed by atoms with Crippen LogP contribution in [-0.2, 0) is 19.4 Å². The molecule has 0 saturated heterocycles. The van der Waals surface area contributed by atoms with Crippen LogP contribution in [0.2, 0.25) is 0 Å². The fourth-order valence-corrected chi connectivity index (χ4v) is 4.54. The molecule has 0 aliphatic rings. The third-order valence-corrected chi connectivity index (χ3v) is 6.16. The Kier molecular flexibility index (Phi) is 7.55. The van der Waals surface area contributed by atoms with E-state index in [-0.39, 0.29) is 17.9 Å². The van der Waals surface area contributed by atoms with Crippen LogP contribution in [0.5, 0.6) is 11.5 Å². The molecule has 1 N–H and O–H groups in total. The largest absolute Gasteiger partial charge is 0.503 e. The van der Waals surface area contributed by atoms with Gasteiger partial charge in [0.25, 0.3) is 0 Å². The van der Waals surface area contributed by atoms with Gasteiger partial charge in [-0.15, -0.1) is 0 Å². The number of nitrogens with zero attached hydrogens (tertiary/aromatic N) is 1. The van der Waals surface area contributed by atoms with Crippen LogP contribution in [0.4, 0.5) is 0 Å². The summed E-state index contributed by atoms with van der Waals surface area (Å²) in [5.41, 5.74) is 0.301. The number of hydrogen-bond donors (Lipinski definition) is 1. The van der Waals surface area contributed by atoms with Gasteiger partial charge in [0, 0.05) is 24.9 Å². The normalized spacial score (nSPS) is 14.4. The minimum atomic E-state index is -3.57. The molecule has 0 fully saturated rings. The smallest absolute Gasteiger partial charge is 0.309 e. The van der Waals surface area contributed by atoms with Crippen molar-refractivity contribution in [2.24, 2.45) is 5.92 Å². The summed E-state index contributed by atoms with van der Waals surface area (Å²) >= 11 is 0. The molecule has 1 heterocycles. The second-order valence-electron chi connectivity index (χ2n) is 7.04. The number of ether oxygens (including phenoxy) is 2. The van der Waals surface area contributed by atoms with Gasteiger partial charge in [-0.1, -0.05) is 37.3 Å². The lowest BCUT2D eigenvalue weighted by Gasteiger charge is -2.24. The number of benzene rings is 1. The van der Waals surface area contributed by atoms with Gasteiger partial charge in [0.05, 0.1) is 13.0 Å². The number of methoxy groups -OCH3 is 1. The summed E-state index contributed by atoms with van der Waals surface area (Å²) in [7, 11) is -2.23. The summed E-state index contributed by atoms with van der Waals surface area (Å²) in [5.74, 6) is -2.46. The first-order valence-corrected chi connectivity index (χ1v) is 11.2. The van der Waals surface area contributed by atoms with Crippen LogP contribution in [-0.4, -0.2) is 49.7 Å². The summed E-state index contributed by atoms with van der Waals surface area (Å²) < 4.78 is 34.9. The second-order valence-corrected chi connectivity index (χ2v) is 9.21. The van der Waals surface area contributed by atoms with Gasteiger partial charge in [-0.05, 0) is 12.5 Å². The molecule has 30 heavy (non-hydrogen) atoms. The Morgan fingerprint density at radius 2 is 1.77 bits per heavy atom. The summed E-state index contributed by atoms with van der Waals surface area (Å²) in [6.45, 7) is 2.99. The molecule has 162 valence electrons. The third-order valence-electron chi connectivity index (χ3n) is 4.58. The van der Waals surface area contributed by atoms with Crippen molar-refractivity contribution in [3.63, 3.8) is 0 Å². The van der Waals surface area contributed by atoms with Crippen molar-refractivity contribution in [2.45, 2.75) is 31.6 Å². The Morgan fingerprint density at radius 3 is 2.33 bits per heavy atom. The lowest BCUT2D eigenvalue weighted by molar-refractivity contribution is -0.152. The van der Waals surface area contributed by atoms with E-state index in [0.717, 1.165) is 6.26 Å². The molecule has 2 rings (SSSR count). The van der Waals surface area contributed by atoms with Gasteiger partial charge in [-0.2, -0.15) is 0 Å². The van der Waals surface area contributed by atoms with Gasteiger partial charge in [0.2, 0.25) is 0 Å². The summed E-state index contributed by atoms with van der Waals surface area (Å²) in [5, 5.41) is 9.02. The third kappa shape index (κ3) is 5.56. The van der Waals surface area contributed by atoms with Crippen LogP contribution >= 0.6 is 0 Å². The molecule has 0 bridgehead atoms. The maximum atomic E-state index is 12.5. The van der Waals surface area contributed by atoms with Crippen LogP contribution in [0.15, 0.2) is 42.6 Å². The zero-order valence-corrected chi connectivity index (χ0v) is 18.0. The van der Waals surface area contributed by atoms with Crippen LogP contribution in [0.25, 0.3) is 0 Å². The van der Waals surface area contributed by atoms with Crippen molar-refractivity contribution < 1.29 is 32.6 Å². The molecule has 0 amide bonds. The Hall–Kier alpha value is -2.94. The molecule has 0 radical (unpaired) electrons. The first kappa shape index (κ1) is 23.3. The molecule has 2 aromatic rings. The number of Topliss-reactive ketones (excluding diaryl/α,β-unsaturated/α-hetero) is 1. The van der Waals surface area contributed by atoms with Crippen molar-refractivity contribution >= 4 is 21.6 Å². The van der Waals surface area contributed by atoms with Crippen molar-refractivity contribution in [3.05, 3.63) is 53.9 Å². The molecule has 0 saturated carbocycles. The minimum Gasteiger partial charge on any atom is -0.503 e. The molecule has 0 aliphatic heterocycles. The predicted molar refractivity (Wildman–Crippen MR) is 110 cm³/mol. The molecule has 1 aromatic carbocycles. The molecule has 9 heteroatoms. The van der Waals surface area contributed by atoms with Gasteiger partial charge in [0.15, 0.2) is 32.8 Å². The van der Waals surface area contributed by atoms with Gasteiger partial charge < -0.3 is 14.6 Å². The van der Waals surface area contributed by atoms with E-state index in [1.807, 2.05) is 0 Å². The number of carbonyl (C=O) groups is 2. The number of aromatic nitrogens is 1. The van der Waals surface area contributed by atoms with Gasteiger partial charge in [-0.25, -0.2) is 13.4 Å². The van der Waals surface area contributed by atoms with E-state index < -0.39 is 44.6 Å². The zero-order chi connectivity index (χ0) is 22.5. The standard InChI is InChI=1S/C21H25NO7S/c1-13(12-16(23)18-19(24)17(28-3)10-11-22-18)21(25)29-14(2)20(30(4,26)27)15-8-6-5-7-9-15/h5-11,13-14,20,24H,12H2,1-4H3/t13-,14+,20+/m1/s1. The Balaban J connectivity index is 2.12. The Morgan fingerprint density at radius 1 is 1.13 bits per heavy atom. The zero-order valence-electron chi connectivity index (χ0n) is 17.2. The number of ketones is 1. The molecule has 0 unspecified atom stereocenters. The first-order chi connectivity index (χ1) is 14.1. The minimum absolute atomic E-state index is 0.0936. The molecule has 0 spiro atoms. The van der Waals surface area contributed by atoms with Crippen molar-refractivity contribution in [1.29, 1.82) is 0 Å². The number of hydrogen-bond acceptors (Lipinski definition) is 8. The monoisotopic (exact) mass is 435 g/mol. The summed E-state index contributed by atoms with van der Waals surface area (Å²) in [6.07, 6.45) is 1.16. The molecular formula is C21H25NO7S. The number of aromatic hydroxyl groups is 1. The van der Waals surface area contributed by atoms with Gasteiger partial charge >= 0.3 is 5.97 Å². The van der Waals surface area contributed by atoms with E-state index in [4.69, 9.17) is 9.47 Å². The van der Waals surface area contributed by atoms with E-state index >= 15 is 0 Å². The van der Waals surface area contributed by atoms with Crippen molar-refractivity contribution in [3.8, 4) is 11.5 Å². The van der Waals surface area contributed by atoms with Gasteiger partial charge in [0.1, 0.15) is 11.4 Å². The Labute approximate surface area is 175 Å². The number of rotatable bonds is 9.